The van der Waals surface area contributed by atoms with Crippen LogP contribution in [0.1, 0.15) is 19.4 Å². The summed E-state index contributed by atoms with van der Waals surface area (Å²) in [6.07, 6.45) is 9.28. The zero-order chi connectivity index (χ0) is 14.4. The van der Waals surface area contributed by atoms with Gasteiger partial charge in [-0.2, -0.15) is 0 Å². The van der Waals surface area contributed by atoms with Crippen LogP contribution in [0, 0.1) is 0 Å². The summed E-state index contributed by atoms with van der Waals surface area (Å²) < 4.78 is 0. The molecule has 0 saturated carbocycles. The predicted molar refractivity (Wildman–Crippen MR) is 84.1 cm³/mol. The van der Waals surface area contributed by atoms with E-state index in [9.17, 15) is 0 Å². The molecule has 0 atom stereocenters. The molecule has 0 amide bonds. The van der Waals surface area contributed by atoms with Gasteiger partial charge in [0.15, 0.2) is 0 Å². The lowest BCUT2D eigenvalue weighted by Gasteiger charge is -2.11. The number of nitrogens with zero attached hydrogens (tertiary/aromatic N) is 2. The minimum Gasteiger partial charge on any atom is -0.381 e. The van der Waals surface area contributed by atoms with Crippen LogP contribution >= 0.6 is 0 Å². The Morgan fingerprint density at radius 1 is 1.25 bits per heavy atom. The predicted octanol–water partition coefficient (Wildman–Crippen LogP) is 3.76. The van der Waals surface area contributed by atoms with Gasteiger partial charge < -0.3 is 5.32 Å². The summed E-state index contributed by atoms with van der Waals surface area (Å²) in [6.45, 7) is 8.57. The van der Waals surface area contributed by atoms with E-state index in [4.69, 9.17) is 0 Å². The van der Waals surface area contributed by atoms with E-state index in [1.54, 1.807) is 18.5 Å². The van der Waals surface area contributed by atoms with E-state index < -0.39 is 0 Å². The third-order valence-corrected chi connectivity index (χ3v) is 3.10. The largest absolute Gasteiger partial charge is 0.381 e. The molecule has 1 aromatic carbocycles. The second kappa shape index (κ2) is 6.66. The monoisotopic (exact) mass is 265 g/mol. The van der Waals surface area contributed by atoms with Crippen LogP contribution in [-0.2, 0) is 6.54 Å². The zero-order valence-corrected chi connectivity index (χ0v) is 11.9. The summed E-state index contributed by atoms with van der Waals surface area (Å²) in [5.74, 6) is 0. The quantitative estimate of drug-likeness (QED) is 0.836. The van der Waals surface area contributed by atoms with Crippen molar-refractivity contribution < 1.29 is 0 Å². The Kier molecular flexibility index (Phi) is 4.66. The molecule has 1 aromatic heterocycles. The van der Waals surface area contributed by atoms with Crippen LogP contribution in [0.15, 0.2) is 66.7 Å². The van der Waals surface area contributed by atoms with Crippen molar-refractivity contribution in [3.63, 3.8) is 0 Å². The highest BCUT2D eigenvalue weighted by molar-refractivity contribution is 5.74. The third kappa shape index (κ3) is 3.32. The van der Waals surface area contributed by atoms with Crippen molar-refractivity contribution in [1.82, 2.24) is 15.3 Å². The minimum absolute atomic E-state index is 0.758. The molecular formula is C17H19N3. The van der Waals surface area contributed by atoms with Crippen molar-refractivity contribution >= 4 is 11.0 Å². The maximum absolute atomic E-state index is 4.32. The number of allylic oxidation sites excluding steroid dienone is 4. The molecule has 0 bridgehead atoms. The van der Waals surface area contributed by atoms with Gasteiger partial charge in [-0.25, -0.2) is 0 Å². The highest BCUT2D eigenvalue weighted by atomic mass is 14.9. The molecule has 0 aliphatic rings. The van der Waals surface area contributed by atoms with Crippen molar-refractivity contribution in [1.29, 1.82) is 0 Å². The molecule has 20 heavy (non-hydrogen) atoms. The van der Waals surface area contributed by atoms with E-state index in [0.717, 1.165) is 23.3 Å². The standard InChI is InChI=1S/C17H19N3/c1-4-6-13(3)15(5-2)20-12-14-7-8-16-17(11-14)19-10-9-18-16/h4-11,20H,1,12H2,2-3H3/b13-6-,15-5+. The van der Waals surface area contributed by atoms with Crippen LogP contribution in [0.2, 0.25) is 0 Å². The van der Waals surface area contributed by atoms with Crippen LogP contribution in [0.4, 0.5) is 0 Å². The zero-order valence-electron chi connectivity index (χ0n) is 11.9. The van der Waals surface area contributed by atoms with Gasteiger partial charge in [-0.05, 0) is 37.1 Å². The molecule has 102 valence electrons. The van der Waals surface area contributed by atoms with Crippen LogP contribution in [-0.4, -0.2) is 9.97 Å². The van der Waals surface area contributed by atoms with Crippen LogP contribution in [0.3, 0.4) is 0 Å². The van der Waals surface area contributed by atoms with E-state index in [1.807, 2.05) is 19.1 Å². The first-order valence-corrected chi connectivity index (χ1v) is 6.64. The highest BCUT2D eigenvalue weighted by Crippen LogP contribution is 2.12. The molecule has 2 aromatic rings. The van der Waals surface area contributed by atoms with Crippen molar-refractivity contribution in [2.45, 2.75) is 20.4 Å². The van der Waals surface area contributed by atoms with Gasteiger partial charge in [0.25, 0.3) is 0 Å². The van der Waals surface area contributed by atoms with Crippen LogP contribution in [0.5, 0.6) is 0 Å². The average molecular weight is 265 g/mol. The Hall–Kier alpha value is -2.42. The van der Waals surface area contributed by atoms with E-state index >= 15 is 0 Å². The molecule has 3 heteroatoms. The molecule has 3 nitrogen and oxygen atoms in total. The first kappa shape index (κ1) is 14.0. The first-order valence-electron chi connectivity index (χ1n) is 6.64. The number of nitrogens with one attached hydrogen (secondary N) is 1. The molecular weight excluding hydrogens is 246 g/mol. The van der Waals surface area contributed by atoms with Crippen LogP contribution < -0.4 is 5.32 Å². The lowest BCUT2D eigenvalue weighted by Crippen LogP contribution is -2.13. The molecule has 0 spiro atoms. The van der Waals surface area contributed by atoms with Gasteiger partial charge in [0.2, 0.25) is 0 Å². The third-order valence-electron chi connectivity index (χ3n) is 3.10. The first-order chi connectivity index (χ1) is 9.74. The van der Waals surface area contributed by atoms with Gasteiger partial charge in [0.1, 0.15) is 0 Å². The molecule has 0 saturated heterocycles. The summed E-state index contributed by atoms with van der Waals surface area (Å²) >= 11 is 0. The molecule has 0 aliphatic carbocycles. The second-order valence-electron chi connectivity index (χ2n) is 4.52. The minimum atomic E-state index is 0.758. The molecule has 2 rings (SSSR count). The van der Waals surface area contributed by atoms with E-state index in [0.29, 0.717) is 0 Å². The molecule has 1 heterocycles. The molecule has 1 N–H and O–H groups in total. The Bertz CT molecular complexity index is 669. The van der Waals surface area contributed by atoms with Gasteiger partial charge in [-0.1, -0.05) is 30.9 Å². The Balaban J connectivity index is 2.12. The molecule has 0 unspecified atom stereocenters. The molecule has 0 aliphatic heterocycles. The number of fused-ring (bicyclic) bond motifs is 1. The number of rotatable bonds is 5. The van der Waals surface area contributed by atoms with Crippen molar-refractivity contribution in [3.8, 4) is 0 Å². The lowest BCUT2D eigenvalue weighted by atomic mass is 10.1. The summed E-state index contributed by atoms with van der Waals surface area (Å²) in [5, 5.41) is 3.43. The maximum Gasteiger partial charge on any atom is 0.0890 e. The fourth-order valence-corrected chi connectivity index (χ4v) is 2.05. The topological polar surface area (TPSA) is 37.8 Å². The summed E-state index contributed by atoms with van der Waals surface area (Å²) in [6, 6.07) is 6.14. The van der Waals surface area contributed by atoms with Gasteiger partial charge in [0, 0.05) is 24.6 Å². The van der Waals surface area contributed by atoms with Gasteiger partial charge >= 0.3 is 0 Å². The highest BCUT2D eigenvalue weighted by Gasteiger charge is 2.01. The Morgan fingerprint density at radius 2 is 2.00 bits per heavy atom. The summed E-state index contributed by atoms with van der Waals surface area (Å²) in [7, 11) is 0. The van der Waals surface area contributed by atoms with E-state index in [2.05, 4.69) is 47.0 Å². The van der Waals surface area contributed by atoms with Crippen LogP contribution in [0.25, 0.3) is 11.0 Å². The van der Waals surface area contributed by atoms with Gasteiger partial charge in [-0.3, -0.25) is 9.97 Å². The maximum atomic E-state index is 4.32. The number of benzene rings is 1. The van der Waals surface area contributed by atoms with Crippen molar-refractivity contribution in [3.05, 3.63) is 72.2 Å². The summed E-state index contributed by atoms with van der Waals surface area (Å²) in [4.78, 5) is 8.60. The number of aromatic nitrogens is 2. The Morgan fingerprint density at radius 3 is 2.70 bits per heavy atom. The van der Waals surface area contributed by atoms with Gasteiger partial charge in [0.05, 0.1) is 11.0 Å². The second-order valence-corrected chi connectivity index (χ2v) is 4.52. The average Bonchev–Trinajstić information content (AvgIpc) is 2.48. The normalized spacial score (nSPS) is 12.5. The number of hydrogen-bond acceptors (Lipinski definition) is 3. The Labute approximate surface area is 119 Å². The molecule has 0 fully saturated rings. The SMILES string of the molecule is C=C/C=C(C)\C(=C/C)NCc1ccc2nccnc2c1. The number of hydrogen-bond donors (Lipinski definition) is 1. The molecule has 0 radical (unpaired) electrons. The van der Waals surface area contributed by atoms with Crippen molar-refractivity contribution in [2.75, 3.05) is 0 Å². The van der Waals surface area contributed by atoms with Crippen molar-refractivity contribution in [2.24, 2.45) is 0 Å². The fourth-order valence-electron chi connectivity index (χ4n) is 2.05. The van der Waals surface area contributed by atoms with Gasteiger partial charge in [-0.15, -0.1) is 0 Å². The summed E-state index contributed by atoms with van der Waals surface area (Å²) in [5.41, 5.74) is 5.31. The van der Waals surface area contributed by atoms with E-state index in [1.165, 1.54) is 11.1 Å². The fraction of sp³-hybridized carbons (Fsp3) is 0.176. The van der Waals surface area contributed by atoms with E-state index in [-0.39, 0.29) is 0 Å². The smallest absolute Gasteiger partial charge is 0.0890 e. The lowest BCUT2D eigenvalue weighted by molar-refractivity contribution is 0.818.